The molecule has 0 bridgehead atoms. The summed E-state index contributed by atoms with van der Waals surface area (Å²) in [5.41, 5.74) is 1.34. The van der Waals surface area contributed by atoms with E-state index >= 15 is 0 Å². The lowest BCUT2D eigenvalue weighted by Gasteiger charge is -2.40. The Labute approximate surface area is 111 Å². The Bertz CT molecular complexity index is 365. The van der Waals surface area contributed by atoms with E-state index < -0.39 is 0 Å². The molecule has 1 aromatic rings. The number of rotatable bonds is 5. The van der Waals surface area contributed by atoms with Crippen molar-refractivity contribution in [1.82, 2.24) is 5.32 Å². The maximum atomic E-state index is 5.18. The van der Waals surface area contributed by atoms with Crippen molar-refractivity contribution in [2.75, 3.05) is 7.11 Å². The first kappa shape index (κ1) is 13.4. The number of nitrogens with one attached hydrogen (secondary N) is 1. The largest absolute Gasteiger partial charge is 0.497 e. The van der Waals surface area contributed by atoms with Crippen molar-refractivity contribution >= 4 is 0 Å². The average Bonchev–Trinajstić information content (AvgIpc) is 2.32. The monoisotopic (exact) mass is 247 g/mol. The number of benzene rings is 1. The van der Waals surface area contributed by atoms with Gasteiger partial charge in [0.25, 0.3) is 0 Å². The molecule has 1 unspecified atom stereocenters. The molecule has 0 aromatic heterocycles. The number of methoxy groups -OCH3 is 1. The fourth-order valence-electron chi connectivity index (χ4n) is 2.68. The van der Waals surface area contributed by atoms with Crippen LogP contribution in [0, 0.1) is 11.8 Å². The number of ether oxygens (including phenoxy) is 1. The van der Waals surface area contributed by atoms with E-state index in [2.05, 4.69) is 38.2 Å². The van der Waals surface area contributed by atoms with E-state index in [9.17, 15) is 0 Å². The van der Waals surface area contributed by atoms with E-state index in [0.717, 1.165) is 17.6 Å². The van der Waals surface area contributed by atoms with Crippen molar-refractivity contribution < 1.29 is 4.74 Å². The normalized spacial score (nSPS) is 24.7. The van der Waals surface area contributed by atoms with Gasteiger partial charge in [-0.1, -0.05) is 26.0 Å². The maximum Gasteiger partial charge on any atom is 0.118 e. The van der Waals surface area contributed by atoms with Gasteiger partial charge in [-0.05, 0) is 49.3 Å². The number of hydrogen-bond donors (Lipinski definition) is 1. The van der Waals surface area contributed by atoms with E-state index in [4.69, 9.17) is 4.74 Å². The third-order valence-corrected chi connectivity index (χ3v) is 4.22. The molecular formula is C16H25NO. The Morgan fingerprint density at radius 2 is 1.72 bits per heavy atom. The van der Waals surface area contributed by atoms with Gasteiger partial charge in [0.05, 0.1) is 7.11 Å². The van der Waals surface area contributed by atoms with E-state index in [0.29, 0.717) is 12.1 Å². The summed E-state index contributed by atoms with van der Waals surface area (Å²) in [4.78, 5) is 0. The van der Waals surface area contributed by atoms with Crippen LogP contribution in [0.4, 0.5) is 0 Å². The van der Waals surface area contributed by atoms with Crippen molar-refractivity contribution in [2.24, 2.45) is 11.8 Å². The smallest absolute Gasteiger partial charge is 0.118 e. The lowest BCUT2D eigenvalue weighted by Crippen LogP contribution is -2.43. The van der Waals surface area contributed by atoms with Gasteiger partial charge in [-0.2, -0.15) is 0 Å². The van der Waals surface area contributed by atoms with Crippen LogP contribution in [-0.4, -0.2) is 13.2 Å². The van der Waals surface area contributed by atoms with Crippen LogP contribution in [0.3, 0.4) is 0 Å². The minimum atomic E-state index is 0.425. The molecule has 18 heavy (non-hydrogen) atoms. The molecule has 0 amide bonds. The lowest BCUT2D eigenvalue weighted by atomic mass is 9.73. The van der Waals surface area contributed by atoms with Crippen LogP contribution in [0.5, 0.6) is 5.75 Å². The molecule has 100 valence electrons. The molecule has 1 saturated carbocycles. The predicted molar refractivity (Wildman–Crippen MR) is 75.9 cm³/mol. The van der Waals surface area contributed by atoms with Crippen molar-refractivity contribution in [2.45, 2.75) is 45.7 Å². The van der Waals surface area contributed by atoms with Gasteiger partial charge in [-0.15, -0.1) is 0 Å². The van der Waals surface area contributed by atoms with E-state index in [-0.39, 0.29) is 0 Å². The quantitative estimate of drug-likeness (QED) is 0.855. The third kappa shape index (κ3) is 3.05. The molecule has 1 fully saturated rings. The second kappa shape index (κ2) is 5.75. The van der Waals surface area contributed by atoms with Crippen molar-refractivity contribution in [3.63, 3.8) is 0 Å². The minimum Gasteiger partial charge on any atom is -0.497 e. The molecule has 0 spiro atoms. The molecule has 1 aliphatic carbocycles. The molecule has 0 heterocycles. The van der Waals surface area contributed by atoms with Crippen LogP contribution < -0.4 is 10.1 Å². The Balaban J connectivity index is 1.83. The molecule has 2 nitrogen and oxygen atoms in total. The van der Waals surface area contributed by atoms with Crippen molar-refractivity contribution in [1.29, 1.82) is 0 Å². The van der Waals surface area contributed by atoms with Gasteiger partial charge in [0.1, 0.15) is 5.75 Å². The van der Waals surface area contributed by atoms with Gasteiger partial charge in [-0.25, -0.2) is 0 Å². The van der Waals surface area contributed by atoms with Gasteiger partial charge in [-0.3, -0.25) is 0 Å². The van der Waals surface area contributed by atoms with Gasteiger partial charge in [0, 0.05) is 12.1 Å². The number of hydrogen-bond acceptors (Lipinski definition) is 2. The molecule has 1 N–H and O–H groups in total. The molecule has 0 radical (unpaired) electrons. The molecule has 1 aromatic carbocycles. The van der Waals surface area contributed by atoms with Gasteiger partial charge in [0.15, 0.2) is 0 Å². The molecule has 2 rings (SSSR count). The summed E-state index contributed by atoms with van der Waals surface area (Å²) in [6, 6.07) is 9.49. The van der Waals surface area contributed by atoms with Crippen LogP contribution in [0.1, 0.15) is 45.2 Å². The first-order chi connectivity index (χ1) is 8.60. The molecular weight excluding hydrogens is 222 g/mol. The standard InChI is InChI=1S/C16H25NO/c1-11(2)14-9-15(10-14)17-12(3)13-5-7-16(18-4)8-6-13/h5-8,11-12,14-15,17H,9-10H2,1-4H3. The summed E-state index contributed by atoms with van der Waals surface area (Å²) in [7, 11) is 1.71. The van der Waals surface area contributed by atoms with Crippen molar-refractivity contribution in [3.05, 3.63) is 29.8 Å². The van der Waals surface area contributed by atoms with Crippen LogP contribution >= 0.6 is 0 Å². The maximum absolute atomic E-state index is 5.18. The zero-order valence-corrected chi connectivity index (χ0v) is 11.9. The topological polar surface area (TPSA) is 21.3 Å². The highest BCUT2D eigenvalue weighted by Gasteiger charge is 2.31. The van der Waals surface area contributed by atoms with E-state index in [1.165, 1.54) is 18.4 Å². The minimum absolute atomic E-state index is 0.425. The highest BCUT2D eigenvalue weighted by Crippen LogP contribution is 2.34. The van der Waals surface area contributed by atoms with Gasteiger partial charge < -0.3 is 10.1 Å². The summed E-state index contributed by atoms with van der Waals surface area (Å²) in [6.07, 6.45) is 2.66. The Hall–Kier alpha value is -1.02. The fraction of sp³-hybridized carbons (Fsp3) is 0.625. The first-order valence-electron chi connectivity index (χ1n) is 7.00. The van der Waals surface area contributed by atoms with Crippen LogP contribution in [-0.2, 0) is 0 Å². The Morgan fingerprint density at radius 3 is 2.22 bits per heavy atom. The molecule has 2 heteroatoms. The highest BCUT2D eigenvalue weighted by molar-refractivity contribution is 5.28. The second-order valence-electron chi connectivity index (χ2n) is 5.83. The molecule has 0 aliphatic heterocycles. The highest BCUT2D eigenvalue weighted by atomic mass is 16.5. The van der Waals surface area contributed by atoms with Crippen molar-refractivity contribution in [3.8, 4) is 5.75 Å². The third-order valence-electron chi connectivity index (χ3n) is 4.22. The second-order valence-corrected chi connectivity index (χ2v) is 5.83. The summed E-state index contributed by atoms with van der Waals surface area (Å²) < 4.78 is 5.18. The molecule has 0 saturated heterocycles. The van der Waals surface area contributed by atoms with Gasteiger partial charge in [0.2, 0.25) is 0 Å². The van der Waals surface area contributed by atoms with Crippen LogP contribution in [0.2, 0.25) is 0 Å². The summed E-state index contributed by atoms with van der Waals surface area (Å²) >= 11 is 0. The zero-order valence-electron chi connectivity index (χ0n) is 11.9. The lowest BCUT2D eigenvalue weighted by molar-refractivity contribution is 0.159. The van der Waals surface area contributed by atoms with Gasteiger partial charge >= 0.3 is 0 Å². The molecule has 1 atom stereocenters. The molecule has 1 aliphatic rings. The first-order valence-corrected chi connectivity index (χ1v) is 7.00. The van der Waals surface area contributed by atoms with Crippen LogP contribution in [0.25, 0.3) is 0 Å². The zero-order chi connectivity index (χ0) is 13.1. The summed E-state index contributed by atoms with van der Waals surface area (Å²) in [5.74, 6) is 2.68. The Morgan fingerprint density at radius 1 is 1.11 bits per heavy atom. The summed E-state index contributed by atoms with van der Waals surface area (Å²) in [5, 5.41) is 3.71. The van der Waals surface area contributed by atoms with E-state index in [1.54, 1.807) is 7.11 Å². The predicted octanol–water partition coefficient (Wildman–Crippen LogP) is 3.78. The van der Waals surface area contributed by atoms with Crippen LogP contribution in [0.15, 0.2) is 24.3 Å². The fourth-order valence-corrected chi connectivity index (χ4v) is 2.68. The SMILES string of the molecule is COc1ccc(C(C)NC2CC(C(C)C)C2)cc1. The summed E-state index contributed by atoms with van der Waals surface area (Å²) in [6.45, 7) is 6.89. The Kier molecular flexibility index (Phi) is 4.28. The van der Waals surface area contributed by atoms with E-state index in [1.807, 2.05) is 12.1 Å². The average molecular weight is 247 g/mol.